The number of thioether (sulfide) groups is 1. The Morgan fingerprint density at radius 2 is 1.96 bits per heavy atom. The summed E-state index contributed by atoms with van der Waals surface area (Å²) in [4.78, 5) is 24.0. The molecular weight excluding hydrogens is 326 g/mol. The van der Waals surface area contributed by atoms with Crippen molar-refractivity contribution >= 4 is 34.5 Å². The van der Waals surface area contributed by atoms with Crippen LogP contribution in [0.5, 0.6) is 0 Å². The lowest BCUT2D eigenvalue weighted by molar-refractivity contribution is -0.113. The smallest absolute Gasteiger partial charge is 0.308 e. The fourth-order valence-corrected chi connectivity index (χ4v) is 4.40. The fraction of sp³-hybridized carbons (Fsp3) is 0.312. The van der Waals surface area contributed by atoms with E-state index in [1.54, 1.807) is 35.0 Å². The molecule has 0 aliphatic carbocycles. The summed E-state index contributed by atoms with van der Waals surface area (Å²) in [6, 6.07) is 6.01. The summed E-state index contributed by atoms with van der Waals surface area (Å²) in [5, 5.41) is 9.99. The quantitative estimate of drug-likeness (QED) is 0.704. The summed E-state index contributed by atoms with van der Waals surface area (Å²) in [7, 11) is 3.54. The summed E-state index contributed by atoms with van der Waals surface area (Å²) >= 11 is 1.57. The van der Waals surface area contributed by atoms with Crippen LogP contribution in [0.2, 0.25) is 0 Å². The number of aromatic amines is 1. The summed E-state index contributed by atoms with van der Waals surface area (Å²) < 4.78 is 3.28. The first-order valence-electron chi connectivity index (χ1n) is 7.59. The molecule has 4 rings (SSSR count). The molecule has 0 saturated heterocycles. The molecule has 7 nitrogen and oxygen atoms in total. The van der Waals surface area contributed by atoms with Gasteiger partial charge in [-0.2, -0.15) is 5.10 Å². The Hall–Kier alpha value is -2.48. The highest BCUT2D eigenvalue weighted by Gasteiger charge is 2.28. The molecule has 2 N–H and O–H groups in total. The lowest BCUT2D eigenvalue weighted by Crippen LogP contribution is -2.19. The molecule has 8 heteroatoms. The fourth-order valence-electron chi connectivity index (χ4n) is 3.21. The van der Waals surface area contributed by atoms with Crippen molar-refractivity contribution in [3.05, 3.63) is 45.5 Å². The second-order valence-corrected chi connectivity index (χ2v) is 7.09. The van der Waals surface area contributed by atoms with Gasteiger partial charge < -0.3 is 5.32 Å². The van der Waals surface area contributed by atoms with Crippen LogP contribution in [0, 0.1) is 6.92 Å². The first-order valence-corrected chi connectivity index (χ1v) is 8.64. The zero-order chi connectivity index (χ0) is 17.0. The molecule has 0 spiro atoms. The molecule has 3 heterocycles. The number of rotatable bonds is 1. The van der Waals surface area contributed by atoms with Crippen molar-refractivity contribution in [1.82, 2.24) is 19.3 Å². The molecule has 24 heavy (non-hydrogen) atoms. The predicted molar refractivity (Wildman–Crippen MR) is 94.4 cm³/mol. The summed E-state index contributed by atoms with van der Waals surface area (Å²) in [5.74, 6) is 0.907. The van der Waals surface area contributed by atoms with Gasteiger partial charge in [0, 0.05) is 25.4 Å². The van der Waals surface area contributed by atoms with E-state index in [1.165, 1.54) is 0 Å². The second-order valence-electron chi connectivity index (χ2n) is 6.00. The molecule has 1 amide bonds. The summed E-state index contributed by atoms with van der Waals surface area (Å²) in [6.45, 7) is 1.95. The van der Waals surface area contributed by atoms with E-state index >= 15 is 0 Å². The van der Waals surface area contributed by atoms with E-state index in [0.717, 1.165) is 27.9 Å². The van der Waals surface area contributed by atoms with Crippen molar-refractivity contribution in [3.8, 4) is 0 Å². The third kappa shape index (κ3) is 2.10. The van der Waals surface area contributed by atoms with E-state index in [0.29, 0.717) is 11.6 Å². The van der Waals surface area contributed by atoms with Gasteiger partial charge in [0.25, 0.3) is 0 Å². The number of amides is 1. The van der Waals surface area contributed by atoms with Gasteiger partial charge in [-0.15, -0.1) is 11.8 Å². The number of carbonyl (C=O) groups excluding carboxylic acids is 1. The monoisotopic (exact) mass is 343 g/mol. The van der Waals surface area contributed by atoms with Gasteiger partial charge in [0.2, 0.25) is 5.91 Å². The molecule has 1 aliphatic heterocycles. The van der Waals surface area contributed by atoms with Crippen LogP contribution < -0.4 is 11.0 Å². The van der Waals surface area contributed by atoms with Gasteiger partial charge in [0.15, 0.2) is 5.82 Å². The molecule has 1 aromatic carbocycles. The van der Waals surface area contributed by atoms with Gasteiger partial charge in [0.05, 0.1) is 22.0 Å². The summed E-state index contributed by atoms with van der Waals surface area (Å²) in [5.41, 5.74) is 4.71. The Kier molecular flexibility index (Phi) is 3.31. The molecule has 1 aliphatic rings. The van der Waals surface area contributed by atoms with E-state index < -0.39 is 0 Å². The number of benzene rings is 1. The first kappa shape index (κ1) is 15.1. The highest BCUT2D eigenvalue weighted by Crippen LogP contribution is 2.42. The van der Waals surface area contributed by atoms with Crippen molar-refractivity contribution < 1.29 is 4.79 Å². The Balaban J connectivity index is 1.91. The molecule has 3 aromatic rings. The van der Waals surface area contributed by atoms with Crippen molar-refractivity contribution in [1.29, 1.82) is 0 Å². The highest BCUT2D eigenvalue weighted by atomic mass is 32.2. The molecule has 0 saturated carbocycles. The Bertz CT molecular complexity index is 1030. The van der Waals surface area contributed by atoms with Gasteiger partial charge in [-0.3, -0.25) is 19.0 Å². The van der Waals surface area contributed by atoms with E-state index in [9.17, 15) is 9.59 Å². The standard InChI is InChI=1S/C16H17N5O2S/c1-8-13-14(24-7-12(22)17-15(13)19-18-8)9-4-5-10-11(6-9)21(3)16(23)20(10)2/h4-6,14H,7H2,1-3H3,(H2,17,18,19,22)/t14-/m1/s1. The number of nitrogens with one attached hydrogen (secondary N) is 2. The number of imidazole rings is 1. The Labute approximate surface area is 142 Å². The maximum absolute atomic E-state index is 12.1. The number of hydrogen-bond donors (Lipinski definition) is 2. The predicted octanol–water partition coefficient (Wildman–Crippen LogP) is 1.68. The summed E-state index contributed by atoms with van der Waals surface area (Å²) in [6.07, 6.45) is 0. The number of fused-ring (bicyclic) bond motifs is 2. The number of H-pyrrole nitrogens is 1. The van der Waals surface area contributed by atoms with Gasteiger partial charge >= 0.3 is 5.69 Å². The number of aryl methyl sites for hydroxylation is 3. The molecule has 0 radical (unpaired) electrons. The number of carbonyl (C=O) groups is 1. The zero-order valence-corrected chi connectivity index (χ0v) is 14.4. The average molecular weight is 343 g/mol. The minimum absolute atomic E-state index is 0.0163. The van der Waals surface area contributed by atoms with Crippen LogP contribution >= 0.6 is 11.8 Å². The van der Waals surface area contributed by atoms with Crippen molar-refractivity contribution in [3.63, 3.8) is 0 Å². The molecule has 124 valence electrons. The number of nitrogens with zero attached hydrogens (tertiary/aromatic N) is 3. The van der Waals surface area contributed by atoms with E-state index in [2.05, 4.69) is 15.5 Å². The van der Waals surface area contributed by atoms with E-state index in [-0.39, 0.29) is 16.8 Å². The molecule has 1 atom stereocenters. The number of aromatic nitrogens is 4. The van der Waals surface area contributed by atoms with Crippen LogP contribution in [0.3, 0.4) is 0 Å². The van der Waals surface area contributed by atoms with Gasteiger partial charge in [-0.25, -0.2) is 4.79 Å². The lowest BCUT2D eigenvalue weighted by atomic mass is 10.0. The molecule has 0 unspecified atom stereocenters. The van der Waals surface area contributed by atoms with Crippen LogP contribution in [0.15, 0.2) is 23.0 Å². The maximum atomic E-state index is 12.1. The van der Waals surface area contributed by atoms with Crippen LogP contribution in [-0.2, 0) is 18.9 Å². The molecule has 2 aromatic heterocycles. The average Bonchev–Trinajstić information content (AvgIpc) is 2.95. The van der Waals surface area contributed by atoms with Gasteiger partial charge in [0.1, 0.15) is 0 Å². The third-order valence-corrected chi connectivity index (χ3v) is 5.76. The zero-order valence-electron chi connectivity index (χ0n) is 13.6. The van der Waals surface area contributed by atoms with Crippen molar-refractivity contribution in [2.24, 2.45) is 14.1 Å². The van der Waals surface area contributed by atoms with E-state index in [4.69, 9.17) is 0 Å². The topological polar surface area (TPSA) is 84.7 Å². The minimum Gasteiger partial charge on any atom is -0.308 e. The number of hydrogen-bond acceptors (Lipinski definition) is 4. The second kappa shape index (κ2) is 5.27. The van der Waals surface area contributed by atoms with Crippen LogP contribution in [0.25, 0.3) is 11.0 Å². The van der Waals surface area contributed by atoms with Crippen LogP contribution in [-0.4, -0.2) is 31.0 Å². The lowest BCUT2D eigenvalue weighted by Gasteiger charge is -2.15. The molecule has 0 bridgehead atoms. The molecular formula is C16H17N5O2S. The minimum atomic E-state index is -0.0524. The van der Waals surface area contributed by atoms with Crippen molar-refractivity contribution in [2.45, 2.75) is 12.2 Å². The van der Waals surface area contributed by atoms with Gasteiger partial charge in [-0.1, -0.05) is 6.07 Å². The van der Waals surface area contributed by atoms with Gasteiger partial charge in [-0.05, 0) is 24.6 Å². The largest absolute Gasteiger partial charge is 0.328 e. The third-order valence-electron chi connectivity index (χ3n) is 4.49. The van der Waals surface area contributed by atoms with Crippen molar-refractivity contribution in [2.75, 3.05) is 11.1 Å². The maximum Gasteiger partial charge on any atom is 0.328 e. The SMILES string of the molecule is Cc1[nH]nc2c1[C@@H](c1ccc3c(c1)n(C)c(=O)n3C)SCC(=O)N2. The highest BCUT2D eigenvalue weighted by molar-refractivity contribution is 8.00. The van der Waals surface area contributed by atoms with Crippen LogP contribution in [0.1, 0.15) is 22.1 Å². The van der Waals surface area contributed by atoms with E-state index in [1.807, 2.05) is 25.1 Å². The Morgan fingerprint density at radius 3 is 2.75 bits per heavy atom. The number of anilines is 1. The molecule has 0 fully saturated rings. The van der Waals surface area contributed by atoms with Crippen LogP contribution in [0.4, 0.5) is 5.82 Å². The first-order chi connectivity index (χ1) is 11.5. The Morgan fingerprint density at radius 1 is 1.21 bits per heavy atom. The normalized spacial score (nSPS) is 17.6.